The van der Waals surface area contributed by atoms with Gasteiger partial charge in [0.2, 0.25) is 0 Å². The number of rotatable bonds is 3. The Morgan fingerprint density at radius 3 is 2.60 bits per heavy atom. The van der Waals surface area contributed by atoms with Crippen LogP contribution >= 0.6 is 0 Å². The highest BCUT2D eigenvalue weighted by atomic mass is 32.2. The summed E-state index contributed by atoms with van der Waals surface area (Å²) in [5, 5.41) is 0. The van der Waals surface area contributed by atoms with E-state index in [-0.39, 0.29) is 6.61 Å². The molecule has 0 saturated carbocycles. The SMILES string of the molecule is O=S(=O)(OCC1=CC=COC1)C(F)(F)F. The molecule has 1 aliphatic rings. The highest BCUT2D eigenvalue weighted by Gasteiger charge is 2.47. The Bertz CT molecular complexity index is 380. The van der Waals surface area contributed by atoms with E-state index in [1.54, 1.807) is 0 Å². The van der Waals surface area contributed by atoms with Gasteiger partial charge in [-0.1, -0.05) is 6.08 Å². The molecular formula is C7H7F3O4S. The van der Waals surface area contributed by atoms with E-state index in [2.05, 4.69) is 4.18 Å². The van der Waals surface area contributed by atoms with Crippen molar-refractivity contribution < 1.29 is 30.5 Å². The van der Waals surface area contributed by atoms with Gasteiger partial charge in [0.25, 0.3) is 0 Å². The lowest BCUT2D eigenvalue weighted by Gasteiger charge is -2.11. The Balaban J connectivity index is 2.57. The predicted molar refractivity (Wildman–Crippen MR) is 44.1 cm³/mol. The van der Waals surface area contributed by atoms with Gasteiger partial charge in [-0.15, -0.1) is 0 Å². The van der Waals surface area contributed by atoms with Gasteiger partial charge in [0.15, 0.2) is 0 Å². The minimum absolute atomic E-state index is 0.0177. The Morgan fingerprint density at radius 1 is 1.47 bits per heavy atom. The number of hydrogen-bond acceptors (Lipinski definition) is 4. The summed E-state index contributed by atoms with van der Waals surface area (Å²) >= 11 is 0. The van der Waals surface area contributed by atoms with Crippen molar-refractivity contribution in [3.8, 4) is 0 Å². The van der Waals surface area contributed by atoms with Crippen molar-refractivity contribution in [2.45, 2.75) is 5.51 Å². The van der Waals surface area contributed by atoms with Crippen molar-refractivity contribution in [2.24, 2.45) is 0 Å². The van der Waals surface area contributed by atoms with Crippen LogP contribution in [0.1, 0.15) is 0 Å². The summed E-state index contributed by atoms with van der Waals surface area (Å²) in [5.41, 5.74) is -5.08. The molecule has 1 heterocycles. The maximum absolute atomic E-state index is 11.8. The zero-order chi connectivity index (χ0) is 11.5. The summed E-state index contributed by atoms with van der Waals surface area (Å²) in [6, 6.07) is 0. The molecule has 4 nitrogen and oxygen atoms in total. The molecule has 0 amide bonds. The van der Waals surface area contributed by atoms with Crippen molar-refractivity contribution in [1.82, 2.24) is 0 Å². The smallest absolute Gasteiger partial charge is 0.497 e. The van der Waals surface area contributed by atoms with Crippen LogP contribution in [0.3, 0.4) is 0 Å². The average Bonchev–Trinajstić information content (AvgIpc) is 2.15. The Hall–Kier alpha value is -1.02. The predicted octanol–water partition coefficient (Wildman–Crippen LogP) is 1.32. The van der Waals surface area contributed by atoms with Crippen LogP contribution in [0.2, 0.25) is 0 Å². The molecule has 0 unspecified atom stereocenters. The summed E-state index contributed by atoms with van der Waals surface area (Å²) in [6.07, 6.45) is 4.19. The van der Waals surface area contributed by atoms with Gasteiger partial charge in [-0.25, -0.2) is 0 Å². The third-order valence-corrected chi connectivity index (χ3v) is 2.45. The molecular weight excluding hydrogens is 237 g/mol. The van der Waals surface area contributed by atoms with Crippen LogP contribution in [-0.4, -0.2) is 27.1 Å². The minimum Gasteiger partial charge on any atom is -0.497 e. The van der Waals surface area contributed by atoms with Gasteiger partial charge >= 0.3 is 15.6 Å². The summed E-state index contributed by atoms with van der Waals surface area (Å²) < 4.78 is 64.9. The van der Waals surface area contributed by atoms with E-state index in [0.717, 1.165) is 0 Å². The normalized spacial score (nSPS) is 17.1. The second-order valence-corrected chi connectivity index (χ2v) is 4.23. The second-order valence-electron chi connectivity index (χ2n) is 2.63. The van der Waals surface area contributed by atoms with Crippen LogP contribution in [0.5, 0.6) is 0 Å². The standard InChI is InChI=1S/C7H7F3O4S/c8-7(9,10)15(11,12)14-5-6-2-1-3-13-4-6/h1-3H,4-5H2. The molecule has 0 atom stereocenters. The van der Waals surface area contributed by atoms with Crippen molar-refractivity contribution in [3.63, 3.8) is 0 Å². The summed E-state index contributed by atoms with van der Waals surface area (Å²) in [7, 11) is -5.52. The van der Waals surface area contributed by atoms with Crippen molar-refractivity contribution in [2.75, 3.05) is 13.2 Å². The van der Waals surface area contributed by atoms with Crippen molar-refractivity contribution in [3.05, 3.63) is 24.0 Å². The first kappa shape index (κ1) is 12.1. The third kappa shape index (κ3) is 3.24. The van der Waals surface area contributed by atoms with E-state index >= 15 is 0 Å². The van der Waals surface area contributed by atoms with Gasteiger partial charge < -0.3 is 4.74 Å². The fourth-order valence-corrected chi connectivity index (χ4v) is 1.18. The largest absolute Gasteiger partial charge is 0.523 e. The van der Waals surface area contributed by atoms with E-state index in [0.29, 0.717) is 5.57 Å². The Morgan fingerprint density at radius 2 is 2.13 bits per heavy atom. The lowest BCUT2D eigenvalue weighted by atomic mass is 10.2. The van der Waals surface area contributed by atoms with Crippen LogP contribution in [0.4, 0.5) is 13.2 Å². The number of ether oxygens (including phenoxy) is 1. The number of halogens is 3. The first-order chi connectivity index (χ1) is 6.83. The molecule has 1 rings (SSSR count). The third-order valence-electron chi connectivity index (χ3n) is 1.46. The molecule has 0 spiro atoms. The van der Waals surface area contributed by atoms with E-state index in [1.807, 2.05) is 0 Å². The lowest BCUT2D eigenvalue weighted by molar-refractivity contribution is -0.0537. The van der Waals surface area contributed by atoms with Gasteiger partial charge in [0.05, 0.1) is 12.9 Å². The van der Waals surface area contributed by atoms with Crippen LogP contribution in [-0.2, 0) is 19.0 Å². The molecule has 0 bridgehead atoms. The quantitative estimate of drug-likeness (QED) is 0.555. The Labute approximate surface area is 84.1 Å². The molecule has 1 aliphatic heterocycles. The highest BCUT2D eigenvalue weighted by molar-refractivity contribution is 7.87. The molecule has 0 N–H and O–H groups in total. The van der Waals surface area contributed by atoms with Gasteiger partial charge in [0, 0.05) is 0 Å². The maximum atomic E-state index is 11.8. The van der Waals surface area contributed by atoms with E-state index < -0.39 is 22.2 Å². The monoisotopic (exact) mass is 244 g/mol. The summed E-state index contributed by atoms with van der Waals surface area (Å²) in [4.78, 5) is 0. The molecule has 0 aromatic rings. The van der Waals surface area contributed by atoms with Gasteiger partial charge in [0.1, 0.15) is 6.61 Å². The van der Waals surface area contributed by atoms with Crippen LogP contribution in [0, 0.1) is 0 Å². The van der Waals surface area contributed by atoms with Crippen LogP contribution in [0.15, 0.2) is 24.0 Å². The van der Waals surface area contributed by atoms with E-state index in [9.17, 15) is 21.6 Å². The summed E-state index contributed by atoms with van der Waals surface area (Å²) in [5.74, 6) is 0. The molecule has 8 heteroatoms. The minimum atomic E-state index is -5.52. The van der Waals surface area contributed by atoms with Crippen LogP contribution < -0.4 is 0 Å². The van der Waals surface area contributed by atoms with Crippen molar-refractivity contribution in [1.29, 1.82) is 0 Å². The topological polar surface area (TPSA) is 52.6 Å². The molecule has 0 saturated heterocycles. The zero-order valence-electron chi connectivity index (χ0n) is 7.32. The summed E-state index contributed by atoms with van der Waals surface area (Å²) in [6.45, 7) is -0.643. The number of hydrogen-bond donors (Lipinski definition) is 0. The van der Waals surface area contributed by atoms with Crippen LogP contribution in [0.25, 0.3) is 0 Å². The highest BCUT2D eigenvalue weighted by Crippen LogP contribution is 2.25. The van der Waals surface area contributed by atoms with Crippen molar-refractivity contribution >= 4 is 10.1 Å². The van der Waals surface area contributed by atoms with Gasteiger partial charge in [-0.3, -0.25) is 4.18 Å². The Kier molecular flexibility index (Phi) is 3.40. The molecule has 0 fully saturated rings. The molecule has 15 heavy (non-hydrogen) atoms. The molecule has 0 aromatic carbocycles. The zero-order valence-corrected chi connectivity index (χ0v) is 8.14. The fraction of sp³-hybridized carbons (Fsp3) is 0.429. The first-order valence-electron chi connectivity index (χ1n) is 3.75. The van der Waals surface area contributed by atoms with Gasteiger partial charge in [-0.2, -0.15) is 21.6 Å². The number of allylic oxidation sites excluding steroid dienone is 2. The van der Waals surface area contributed by atoms with E-state index in [1.165, 1.54) is 18.4 Å². The second kappa shape index (κ2) is 4.23. The lowest BCUT2D eigenvalue weighted by Crippen LogP contribution is -2.26. The molecule has 0 radical (unpaired) electrons. The maximum Gasteiger partial charge on any atom is 0.523 e. The molecule has 86 valence electrons. The fourth-order valence-electron chi connectivity index (χ4n) is 0.744. The van der Waals surface area contributed by atoms with Gasteiger partial charge in [-0.05, 0) is 11.6 Å². The van der Waals surface area contributed by atoms with E-state index in [4.69, 9.17) is 4.74 Å². The first-order valence-corrected chi connectivity index (χ1v) is 5.15. The number of alkyl halides is 3. The molecule has 0 aromatic heterocycles. The average molecular weight is 244 g/mol. The molecule has 0 aliphatic carbocycles.